The van der Waals surface area contributed by atoms with Gasteiger partial charge in [-0.3, -0.25) is 0 Å². The van der Waals surface area contributed by atoms with E-state index < -0.39 is 13.9 Å². The quantitative estimate of drug-likeness (QED) is 0.0891. The Morgan fingerprint density at radius 1 is 0.447 bits per heavy atom. The number of aliphatic hydroxyl groups is 1. The fourth-order valence-corrected chi connectivity index (χ4v) is 12.6. The summed E-state index contributed by atoms with van der Waals surface area (Å²) in [5, 5.41) is 10.6. The van der Waals surface area contributed by atoms with Crippen molar-refractivity contribution in [2.75, 3.05) is 0 Å². The van der Waals surface area contributed by atoms with Gasteiger partial charge < -0.3 is 28.1 Å². The molecule has 0 unspecified atom stereocenters. The lowest BCUT2D eigenvalue weighted by molar-refractivity contribution is 0.00578. The van der Waals surface area contributed by atoms with Gasteiger partial charge in [0, 0.05) is 22.0 Å². The molecule has 4 aromatic carbocycles. The third-order valence-electron chi connectivity index (χ3n) is 18.3. The van der Waals surface area contributed by atoms with Crippen LogP contribution in [0.25, 0.3) is 0 Å². The summed E-state index contributed by atoms with van der Waals surface area (Å²) in [5.74, 6) is 13.4. The highest BCUT2D eigenvalue weighted by Gasteiger charge is 2.53. The molecule has 0 atom stereocenters. The average Bonchev–Trinajstić information content (AvgIpc) is 3.72. The number of rotatable bonds is 16. The highest BCUT2D eigenvalue weighted by molar-refractivity contribution is 6.69. The van der Waals surface area contributed by atoms with Gasteiger partial charge in [0.25, 0.3) is 0 Å². The number of aryl methyl sites for hydroxylation is 4. The van der Waals surface area contributed by atoms with Crippen molar-refractivity contribution in [2.45, 2.75) is 254 Å². The molecule has 6 nitrogen and oxygen atoms in total. The van der Waals surface area contributed by atoms with Gasteiger partial charge in [0.05, 0.1) is 22.4 Å². The Morgan fingerprint density at radius 3 is 1.01 bits per heavy atom. The summed E-state index contributed by atoms with van der Waals surface area (Å²) in [6.07, 6.45) is 7.07. The molecule has 2 aliphatic heterocycles. The molecule has 6 rings (SSSR count). The Hall–Kier alpha value is -3.89. The molecule has 0 saturated carbocycles. The van der Waals surface area contributed by atoms with Crippen molar-refractivity contribution in [3.63, 3.8) is 0 Å². The van der Waals surface area contributed by atoms with Crippen LogP contribution >= 0.6 is 0 Å². The van der Waals surface area contributed by atoms with E-state index in [2.05, 4.69) is 241 Å². The van der Waals surface area contributed by atoms with Crippen LogP contribution < -0.4 is 10.9 Å². The molecular weight excluding hydrogens is 950 g/mol. The number of benzene rings is 4. The highest BCUT2D eigenvalue weighted by Crippen LogP contribution is 2.43. The third-order valence-corrected chi connectivity index (χ3v) is 19.3. The molecule has 1 N–H and O–H groups in total. The predicted molar refractivity (Wildman–Crippen MR) is 326 cm³/mol. The van der Waals surface area contributed by atoms with E-state index in [0.29, 0.717) is 12.8 Å². The molecular formula is C67H98B2O6Si. The van der Waals surface area contributed by atoms with Crippen LogP contribution in [-0.2, 0) is 33.9 Å². The van der Waals surface area contributed by atoms with Crippen molar-refractivity contribution in [1.29, 1.82) is 0 Å². The van der Waals surface area contributed by atoms with Crippen LogP contribution in [0, 0.1) is 51.4 Å². The van der Waals surface area contributed by atoms with E-state index in [-0.39, 0.29) is 53.1 Å². The van der Waals surface area contributed by atoms with Gasteiger partial charge in [0.15, 0.2) is 8.32 Å². The van der Waals surface area contributed by atoms with Crippen LogP contribution in [0.2, 0.25) is 19.6 Å². The minimum absolute atomic E-state index is 0.0759. The second kappa shape index (κ2) is 23.8. The lowest BCUT2D eigenvalue weighted by atomic mass is 9.68. The zero-order valence-corrected chi connectivity index (χ0v) is 52.7. The van der Waals surface area contributed by atoms with Crippen LogP contribution in [0.1, 0.15) is 218 Å². The normalized spacial score (nSPS) is 17.1. The van der Waals surface area contributed by atoms with Crippen molar-refractivity contribution in [3.8, 4) is 23.7 Å². The lowest BCUT2D eigenvalue weighted by Gasteiger charge is -2.34. The maximum absolute atomic E-state index is 10.6. The molecule has 2 heterocycles. The first-order chi connectivity index (χ1) is 35.3. The SMILES string of the molecule is CCC(C#Cc1ccc(C(CC)(CC)c2ccc(B3OC(C)(C)C(C)(C)O3)c(C)c2)cc1C)(CC)O[Si](C)(C)C.CCC(O)(C#Cc1ccc(C(CC)(CC)c2ccc(B3OC(C)(C)C(C)(C)O3)c(C)c2)cc1C)CC. The fraction of sp³-hybridized carbons (Fsp3) is 0.582. The second-order valence-corrected chi connectivity index (χ2v) is 29.5. The molecule has 2 aliphatic rings. The van der Waals surface area contributed by atoms with E-state index in [1.165, 1.54) is 38.9 Å². The molecule has 2 fully saturated rings. The van der Waals surface area contributed by atoms with Crippen LogP contribution in [0.5, 0.6) is 0 Å². The lowest BCUT2D eigenvalue weighted by Crippen LogP contribution is -2.41. The summed E-state index contributed by atoms with van der Waals surface area (Å²) in [4.78, 5) is 0. The monoisotopic (exact) mass is 1050 g/mol. The van der Waals surface area contributed by atoms with Gasteiger partial charge >= 0.3 is 14.2 Å². The van der Waals surface area contributed by atoms with E-state index in [0.717, 1.165) is 66.1 Å². The summed E-state index contributed by atoms with van der Waals surface area (Å²) < 4.78 is 32.0. The Balaban J connectivity index is 0.000000282. The van der Waals surface area contributed by atoms with E-state index >= 15 is 0 Å². The highest BCUT2D eigenvalue weighted by atomic mass is 28.4. The predicted octanol–water partition coefficient (Wildman–Crippen LogP) is 15.1. The van der Waals surface area contributed by atoms with Gasteiger partial charge in [0.1, 0.15) is 11.2 Å². The Labute approximate surface area is 465 Å². The second-order valence-electron chi connectivity index (χ2n) is 25.1. The average molecular weight is 1050 g/mol. The first kappa shape index (κ1) is 62.9. The van der Waals surface area contributed by atoms with E-state index in [4.69, 9.17) is 23.0 Å². The van der Waals surface area contributed by atoms with Gasteiger partial charge in [-0.25, -0.2) is 0 Å². The van der Waals surface area contributed by atoms with Crippen molar-refractivity contribution in [1.82, 2.24) is 0 Å². The third kappa shape index (κ3) is 13.1. The van der Waals surface area contributed by atoms with Crippen molar-refractivity contribution >= 4 is 33.5 Å². The minimum atomic E-state index is -1.72. The smallest absolute Gasteiger partial charge is 0.402 e. The standard InChI is InChI=1S/C35H53BO3Si.C32H45BO3/c1-14-34(15-2,39-40(11,12)13)23-22-28-18-19-29(24-26(28)5)35(16-3,17-4)30-20-21-31(27(6)25-30)36-37-32(7,8)33(9,10)38-36;1-11-31(34,12-2)20-19-25-15-16-26(21-23(25)5)32(13-3,14-4)27-17-18-28(24(6)22-27)33-35-29(7,8)30(9,10)36-33/h18-21,24-25H,14-17H2,1-13H3;15-18,21-22,34H,11-14H2,1-10H3. The van der Waals surface area contributed by atoms with E-state index in [1.54, 1.807) is 0 Å². The van der Waals surface area contributed by atoms with Gasteiger partial charge in [-0.15, -0.1) is 0 Å². The van der Waals surface area contributed by atoms with Gasteiger partial charge in [-0.2, -0.15) is 0 Å². The Morgan fingerprint density at radius 2 is 0.750 bits per heavy atom. The minimum Gasteiger partial charge on any atom is -0.402 e. The summed E-state index contributed by atoms with van der Waals surface area (Å²) in [6.45, 7) is 49.7. The van der Waals surface area contributed by atoms with Crippen molar-refractivity contribution in [2.24, 2.45) is 0 Å². The van der Waals surface area contributed by atoms with Gasteiger partial charge in [-0.1, -0.05) is 151 Å². The molecule has 412 valence electrons. The molecule has 9 heteroatoms. The summed E-state index contributed by atoms with van der Waals surface area (Å²) >= 11 is 0. The number of hydrogen-bond acceptors (Lipinski definition) is 6. The molecule has 0 amide bonds. The summed E-state index contributed by atoms with van der Waals surface area (Å²) in [6, 6.07) is 27.1. The Kier molecular flexibility index (Phi) is 19.7. The molecule has 0 aromatic heterocycles. The molecule has 2 saturated heterocycles. The van der Waals surface area contributed by atoms with Gasteiger partial charge in [0.2, 0.25) is 0 Å². The largest absolute Gasteiger partial charge is 0.495 e. The first-order valence-electron chi connectivity index (χ1n) is 28.9. The molecule has 0 radical (unpaired) electrons. The Bertz CT molecular complexity index is 2750. The molecule has 0 bridgehead atoms. The van der Waals surface area contributed by atoms with E-state index in [9.17, 15) is 5.11 Å². The molecule has 0 spiro atoms. The van der Waals surface area contributed by atoms with Crippen molar-refractivity contribution < 1.29 is 28.1 Å². The summed E-state index contributed by atoms with van der Waals surface area (Å²) in [5.41, 5.74) is 11.5. The van der Waals surface area contributed by atoms with Crippen LogP contribution in [0.3, 0.4) is 0 Å². The maximum Gasteiger partial charge on any atom is 0.495 e. The molecule has 76 heavy (non-hydrogen) atoms. The van der Waals surface area contributed by atoms with Gasteiger partial charge in [-0.05, 0) is 211 Å². The molecule has 0 aliphatic carbocycles. The van der Waals surface area contributed by atoms with Crippen LogP contribution in [-0.4, -0.2) is 61.3 Å². The zero-order chi connectivity index (χ0) is 57.1. The van der Waals surface area contributed by atoms with Crippen molar-refractivity contribution in [3.05, 3.63) is 128 Å². The van der Waals surface area contributed by atoms with E-state index in [1.807, 2.05) is 13.8 Å². The molecule has 4 aromatic rings. The topological polar surface area (TPSA) is 66.4 Å². The van der Waals surface area contributed by atoms with Crippen LogP contribution in [0.15, 0.2) is 72.8 Å². The van der Waals surface area contributed by atoms with Crippen LogP contribution in [0.4, 0.5) is 0 Å². The summed E-state index contributed by atoms with van der Waals surface area (Å²) in [7, 11) is -2.42. The first-order valence-corrected chi connectivity index (χ1v) is 32.3. The maximum atomic E-state index is 10.6. The zero-order valence-electron chi connectivity index (χ0n) is 51.7. The number of hydrogen-bond donors (Lipinski definition) is 1. The fourth-order valence-electron chi connectivity index (χ4n) is 11.1.